The molecule has 132 valence electrons. The molecule has 1 aliphatic heterocycles. The normalized spacial score (nSPS) is 20.9. The summed E-state index contributed by atoms with van der Waals surface area (Å²) in [7, 11) is 0. The maximum Gasteiger partial charge on any atom is 0.221 e. The summed E-state index contributed by atoms with van der Waals surface area (Å²) < 4.78 is 0. The van der Waals surface area contributed by atoms with Gasteiger partial charge in [-0.1, -0.05) is 13.0 Å². The van der Waals surface area contributed by atoms with Gasteiger partial charge >= 0.3 is 0 Å². The van der Waals surface area contributed by atoms with Gasteiger partial charge in [-0.05, 0) is 48.7 Å². The van der Waals surface area contributed by atoms with Crippen LogP contribution in [0.3, 0.4) is 0 Å². The molecule has 2 N–H and O–H groups in total. The standard InChI is InChI=1S/C20H26N4O/c1-15-13-24(14-19-5-3-4-11-21-19)12-10-20(15)23-18-8-6-17(7-9-18)22-16(2)25/h3-9,11,15,20,23H,10,12-14H2,1-2H3,(H,22,25)/t15-,20-/m1/s1. The number of benzene rings is 1. The van der Waals surface area contributed by atoms with Crippen LogP contribution in [0.15, 0.2) is 48.7 Å². The van der Waals surface area contributed by atoms with Gasteiger partial charge in [-0.2, -0.15) is 0 Å². The summed E-state index contributed by atoms with van der Waals surface area (Å²) in [5, 5.41) is 6.43. The molecule has 0 radical (unpaired) electrons. The molecule has 5 heteroatoms. The molecule has 1 saturated heterocycles. The summed E-state index contributed by atoms with van der Waals surface area (Å²) in [5.74, 6) is 0.516. The van der Waals surface area contributed by atoms with Crippen LogP contribution in [0.1, 0.15) is 26.0 Å². The van der Waals surface area contributed by atoms with Crippen LogP contribution in [-0.4, -0.2) is 34.9 Å². The maximum absolute atomic E-state index is 11.1. The topological polar surface area (TPSA) is 57.3 Å². The first-order chi connectivity index (χ1) is 12.1. The number of rotatable bonds is 5. The Morgan fingerprint density at radius 3 is 2.60 bits per heavy atom. The second kappa shape index (κ2) is 8.12. The van der Waals surface area contributed by atoms with Crippen molar-refractivity contribution in [3.63, 3.8) is 0 Å². The van der Waals surface area contributed by atoms with Crippen LogP contribution in [0.4, 0.5) is 11.4 Å². The van der Waals surface area contributed by atoms with Crippen molar-refractivity contribution in [2.24, 2.45) is 5.92 Å². The number of hydrogen-bond donors (Lipinski definition) is 2. The van der Waals surface area contributed by atoms with Gasteiger partial charge in [-0.25, -0.2) is 0 Å². The van der Waals surface area contributed by atoms with E-state index in [1.54, 1.807) is 0 Å². The van der Waals surface area contributed by atoms with E-state index < -0.39 is 0 Å². The average Bonchev–Trinajstić information content (AvgIpc) is 2.59. The third-order valence-corrected chi connectivity index (χ3v) is 4.66. The molecule has 0 unspecified atom stereocenters. The number of carbonyl (C=O) groups excluding carboxylic acids is 1. The summed E-state index contributed by atoms with van der Waals surface area (Å²) in [6.45, 7) is 6.88. The van der Waals surface area contributed by atoms with Gasteiger partial charge in [0.25, 0.3) is 0 Å². The highest BCUT2D eigenvalue weighted by atomic mass is 16.1. The van der Waals surface area contributed by atoms with Crippen LogP contribution in [-0.2, 0) is 11.3 Å². The molecule has 0 bridgehead atoms. The quantitative estimate of drug-likeness (QED) is 0.878. The first kappa shape index (κ1) is 17.4. The molecule has 25 heavy (non-hydrogen) atoms. The number of aromatic nitrogens is 1. The lowest BCUT2D eigenvalue weighted by Crippen LogP contribution is -2.44. The number of pyridine rings is 1. The van der Waals surface area contributed by atoms with E-state index in [0.717, 1.165) is 43.1 Å². The van der Waals surface area contributed by atoms with Gasteiger partial charge in [-0.15, -0.1) is 0 Å². The summed E-state index contributed by atoms with van der Waals surface area (Å²) in [6.07, 6.45) is 2.97. The molecule has 0 spiro atoms. The van der Waals surface area contributed by atoms with E-state index in [0.29, 0.717) is 12.0 Å². The number of anilines is 2. The number of likely N-dealkylation sites (tertiary alicyclic amines) is 1. The average molecular weight is 338 g/mol. The van der Waals surface area contributed by atoms with Crippen molar-refractivity contribution >= 4 is 17.3 Å². The Morgan fingerprint density at radius 2 is 1.96 bits per heavy atom. The van der Waals surface area contributed by atoms with Crippen molar-refractivity contribution in [2.75, 3.05) is 23.7 Å². The number of nitrogens with one attached hydrogen (secondary N) is 2. The van der Waals surface area contributed by atoms with Crippen LogP contribution in [0.5, 0.6) is 0 Å². The zero-order valence-electron chi connectivity index (χ0n) is 14.9. The Bertz CT molecular complexity index is 687. The Labute approximate surface area is 149 Å². The number of piperidine rings is 1. The predicted molar refractivity (Wildman–Crippen MR) is 101 cm³/mol. The van der Waals surface area contributed by atoms with E-state index in [1.807, 2.05) is 42.6 Å². The molecule has 0 saturated carbocycles. The second-order valence-corrected chi connectivity index (χ2v) is 6.83. The van der Waals surface area contributed by atoms with Gasteiger partial charge in [0.2, 0.25) is 5.91 Å². The highest BCUT2D eigenvalue weighted by Gasteiger charge is 2.26. The van der Waals surface area contributed by atoms with Crippen LogP contribution < -0.4 is 10.6 Å². The number of carbonyl (C=O) groups is 1. The van der Waals surface area contributed by atoms with Crippen LogP contribution in [0.25, 0.3) is 0 Å². The van der Waals surface area contributed by atoms with Crippen LogP contribution >= 0.6 is 0 Å². The molecule has 1 aliphatic rings. The molecule has 0 aliphatic carbocycles. The van der Waals surface area contributed by atoms with Gasteiger partial charge in [-0.3, -0.25) is 14.7 Å². The highest BCUT2D eigenvalue weighted by Crippen LogP contribution is 2.23. The summed E-state index contributed by atoms with van der Waals surface area (Å²) in [6, 6.07) is 14.5. The Hall–Kier alpha value is -2.40. The lowest BCUT2D eigenvalue weighted by atomic mass is 9.93. The second-order valence-electron chi connectivity index (χ2n) is 6.83. The van der Waals surface area contributed by atoms with E-state index in [2.05, 4.69) is 33.5 Å². The minimum atomic E-state index is -0.0467. The summed E-state index contributed by atoms with van der Waals surface area (Å²) in [5.41, 5.74) is 3.06. The third-order valence-electron chi connectivity index (χ3n) is 4.66. The number of hydrogen-bond acceptors (Lipinski definition) is 4. The summed E-state index contributed by atoms with van der Waals surface area (Å²) >= 11 is 0. The molecule has 2 aromatic rings. The molecular weight excluding hydrogens is 312 g/mol. The van der Waals surface area contributed by atoms with Gasteiger partial charge in [0.05, 0.1) is 5.69 Å². The van der Waals surface area contributed by atoms with Crippen molar-refractivity contribution in [3.8, 4) is 0 Å². The number of amides is 1. The minimum Gasteiger partial charge on any atom is -0.382 e. The Morgan fingerprint density at radius 1 is 1.20 bits per heavy atom. The molecule has 2 atom stereocenters. The smallest absolute Gasteiger partial charge is 0.221 e. The van der Waals surface area contributed by atoms with Gasteiger partial charge < -0.3 is 10.6 Å². The largest absolute Gasteiger partial charge is 0.382 e. The SMILES string of the molecule is CC(=O)Nc1ccc(N[C@@H]2CCN(Cc3ccccn3)C[C@H]2C)cc1. The lowest BCUT2D eigenvalue weighted by molar-refractivity contribution is -0.114. The van der Waals surface area contributed by atoms with Crippen molar-refractivity contribution in [2.45, 2.75) is 32.9 Å². The zero-order chi connectivity index (χ0) is 17.6. The predicted octanol–water partition coefficient (Wildman–Crippen LogP) is 3.36. The molecule has 2 heterocycles. The first-order valence-corrected chi connectivity index (χ1v) is 8.86. The van der Waals surface area contributed by atoms with E-state index in [1.165, 1.54) is 6.92 Å². The van der Waals surface area contributed by atoms with Gasteiger partial charge in [0.1, 0.15) is 0 Å². The van der Waals surface area contributed by atoms with Crippen LogP contribution in [0, 0.1) is 5.92 Å². The van der Waals surface area contributed by atoms with Gasteiger partial charge in [0, 0.05) is 50.2 Å². The van der Waals surface area contributed by atoms with Gasteiger partial charge in [0.15, 0.2) is 0 Å². The zero-order valence-corrected chi connectivity index (χ0v) is 14.9. The molecule has 1 aromatic heterocycles. The summed E-state index contributed by atoms with van der Waals surface area (Å²) in [4.78, 5) is 18.0. The van der Waals surface area contributed by atoms with Crippen LogP contribution in [0.2, 0.25) is 0 Å². The van der Waals surface area contributed by atoms with Crippen molar-refractivity contribution in [1.82, 2.24) is 9.88 Å². The maximum atomic E-state index is 11.1. The first-order valence-electron chi connectivity index (χ1n) is 8.86. The van der Waals surface area contributed by atoms with Crippen molar-refractivity contribution in [1.29, 1.82) is 0 Å². The molecular formula is C20H26N4O. The van der Waals surface area contributed by atoms with E-state index in [4.69, 9.17) is 0 Å². The lowest BCUT2D eigenvalue weighted by Gasteiger charge is -2.37. The third kappa shape index (κ3) is 5.03. The fraction of sp³-hybridized carbons (Fsp3) is 0.400. The molecule has 1 amide bonds. The van der Waals surface area contributed by atoms with E-state index >= 15 is 0 Å². The van der Waals surface area contributed by atoms with E-state index in [9.17, 15) is 4.79 Å². The minimum absolute atomic E-state index is 0.0467. The monoisotopic (exact) mass is 338 g/mol. The Balaban J connectivity index is 1.52. The highest BCUT2D eigenvalue weighted by molar-refractivity contribution is 5.88. The fourth-order valence-electron chi connectivity index (χ4n) is 3.38. The van der Waals surface area contributed by atoms with Crippen molar-refractivity contribution in [3.05, 3.63) is 54.4 Å². The molecule has 3 rings (SSSR count). The molecule has 1 fully saturated rings. The molecule has 1 aromatic carbocycles. The fourth-order valence-corrected chi connectivity index (χ4v) is 3.38. The van der Waals surface area contributed by atoms with E-state index in [-0.39, 0.29) is 5.91 Å². The van der Waals surface area contributed by atoms with Crippen molar-refractivity contribution < 1.29 is 4.79 Å². The number of nitrogens with zero attached hydrogens (tertiary/aromatic N) is 2. The Kier molecular flexibility index (Phi) is 5.66. The molecule has 5 nitrogen and oxygen atoms in total.